The van der Waals surface area contributed by atoms with E-state index in [2.05, 4.69) is 20.5 Å². The first-order valence-corrected chi connectivity index (χ1v) is 7.87. The van der Waals surface area contributed by atoms with Crippen LogP contribution in [0.5, 0.6) is 0 Å². The Hall–Kier alpha value is -3.22. The van der Waals surface area contributed by atoms with E-state index >= 15 is 0 Å². The summed E-state index contributed by atoms with van der Waals surface area (Å²) in [6.45, 7) is 3.88. The average molecular weight is 337 g/mol. The zero-order valence-electron chi connectivity index (χ0n) is 14.3. The van der Waals surface area contributed by atoms with Crippen LogP contribution in [0.4, 0.5) is 10.5 Å². The van der Waals surface area contributed by atoms with E-state index in [-0.39, 0.29) is 12.1 Å². The maximum atomic E-state index is 12.6. The van der Waals surface area contributed by atoms with Gasteiger partial charge in [0.1, 0.15) is 0 Å². The van der Waals surface area contributed by atoms with E-state index in [1.807, 2.05) is 44.2 Å². The number of anilines is 1. The maximum absolute atomic E-state index is 12.6. The number of pyridine rings is 1. The number of benzene rings is 1. The molecule has 0 aliphatic rings. The molecule has 2 heterocycles. The molecule has 7 heteroatoms. The number of aryl methyl sites for hydroxylation is 1. The summed E-state index contributed by atoms with van der Waals surface area (Å²) in [4.78, 5) is 18.4. The van der Waals surface area contributed by atoms with Crippen LogP contribution in [0.15, 0.2) is 53.5 Å². The summed E-state index contributed by atoms with van der Waals surface area (Å²) in [6, 6.07) is 9.09. The molecule has 0 radical (unpaired) electrons. The number of nitrogens with zero attached hydrogens (tertiary/aromatic N) is 4. The number of carbonyl (C=O) groups is 1. The molecule has 2 aromatic heterocycles. The SMILES string of the molecule is Cc1ccc(-c2nnco2)cc1NC(=O)N(C)[C@@H](C)c1cccnc1. The lowest BCUT2D eigenvalue weighted by atomic mass is 10.1. The van der Waals surface area contributed by atoms with Crippen molar-refractivity contribution in [3.63, 3.8) is 0 Å². The molecule has 2 amide bonds. The van der Waals surface area contributed by atoms with E-state index in [1.54, 1.807) is 24.3 Å². The second-order valence-electron chi connectivity index (χ2n) is 5.78. The van der Waals surface area contributed by atoms with Crippen LogP contribution in [0.25, 0.3) is 11.5 Å². The molecule has 0 unspecified atom stereocenters. The highest BCUT2D eigenvalue weighted by atomic mass is 16.4. The second kappa shape index (κ2) is 7.12. The van der Waals surface area contributed by atoms with E-state index in [1.165, 1.54) is 6.39 Å². The lowest BCUT2D eigenvalue weighted by molar-refractivity contribution is 0.208. The molecule has 0 saturated carbocycles. The van der Waals surface area contributed by atoms with E-state index in [0.29, 0.717) is 11.6 Å². The third-order valence-corrected chi connectivity index (χ3v) is 4.15. The standard InChI is InChI=1S/C18H19N5O2/c1-12-6-7-14(17-22-20-11-25-17)9-16(12)21-18(24)23(3)13(2)15-5-4-8-19-10-15/h4-11,13H,1-3H3,(H,21,24)/t13-/m0/s1. The largest absolute Gasteiger partial charge is 0.423 e. The minimum Gasteiger partial charge on any atom is -0.423 e. The lowest BCUT2D eigenvalue weighted by Gasteiger charge is -2.25. The fourth-order valence-electron chi connectivity index (χ4n) is 2.41. The summed E-state index contributed by atoms with van der Waals surface area (Å²) in [5.74, 6) is 0.410. The number of nitrogens with one attached hydrogen (secondary N) is 1. The quantitative estimate of drug-likeness (QED) is 0.785. The van der Waals surface area contributed by atoms with Gasteiger partial charge in [0.25, 0.3) is 0 Å². The van der Waals surface area contributed by atoms with Crippen molar-refractivity contribution in [1.82, 2.24) is 20.1 Å². The molecule has 128 valence electrons. The number of hydrogen-bond acceptors (Lipinski definition) is 5. The first-order valence-electron chi connectivity index (χ1n) is 7.87. The Morgan fingerprint density at radius 1 is 1.32 bits per heavy atom. The highest BCUT2D eigenvalue weighted by molar-refractivity contribution is 5.91. The van der Waals surface area contributed by atoms with Gasteiger partial charge in [0, 0.05) is 30.7 Å². The Labute approximate surface area is 145 Å². The van der Waals surface area contributed by atoms with Gasteiger partial charge in [0.15, 0.2) is 0 Å². The molecule has 1 aromatic carbocycles. The summed E-state index contributed by atoms with van der Waals surface area (Å²) >= 11 is 0. The van der Waals surface area contributed by atoms with Crippen molar-refractivity contribution < 1.29 is 9.21 Å². The van der Waals surface area contributed by atoms with Crippen molar-refractivity contribution in [2.24, 2.45) is 0 Å². The molecule has 3 aromatic rings. The topological polar surface area (TPSA) is 84.2 Å². The van der Waals surface area contributed by atoms with Crippen LogP contribution in [0.2, 0.25) is 0 Å². The predicted molar refractivity (Wildman–Crippen MR) is 93.9 cm³/mol. The van der Waals surface area contributed by atoms with Crippen molar-refractivity contribution >= 4 is 11.7 Å². The number of carbonyl (C=O) groups excluding carboxylic acids is 1. The maximum Gasteiger partial charge on any atom is 0.322 e. The van der Waals surface area contributed by atoms with Gasteiger partial charge in [-0.15, -0.1) is 10.2 Å². The molecule has 1 N–H and O–H groups in total. The Kier molecular flexibility index (Phi) is 4.74. The molecule has 0 spiro atoms. The van der Waals surface area contributed by atoms with Crippen LogP contribution >= 0.6 is 0 Å². The summed E-state index contributed by atoms with van der Waals surface area (Å²) in [5, 5.41) is 10.5. The van der Waals surface area contributed by atoms with Gasteiger partial charge in [-0.25, -0.2) is 4.79 Å². The summed E-state index contributed by atoms with van der Waals surface area (Å²) in [6.07, 6.45) is 4.75. The van der Waals surface area contributed by atoms with Crippen molar-refractivity contribution in [3.8, 4) is 11.5 Å². The smallest absolute Gasteiger partial charge is 0.322 e. The molecular formula is C18H19N5O2. The van der Waals surface area contributed by atoms with E-state index < -0.39 is 0 Å². The minimum atomic E-state index is -0.206. The normalized spacial score (nSPS) is 11.8. The van der Waals surface area contributed by atoms with E-state index in [9.17, 15) is 4.79 Å². The van der Waals surface area contributed by atoms with Crippen molar-refractivity contribution in [2.45, 2.75) is 19.9 Å². The Bertz CT molecular complexity index is 849. The van der Waals surface area contributed by atoms with Gasteiger partial charge >= 0.3 is 6.03 Å². The van der Waals surface area contributed by atoms with Crippen LogP contribution in [-0.2, 0) is 0 Å². The highest BCUT2D eigenvalue weighted by Crippen LogP contribution is 2.25. The van der Waals surface area contributed by atoms with Crippen LogP contribution in [0.3, 0.4) is 0 Å². The Morgan fingerprint density at radius 3 is 2.84 bits per heavy atom. The second-order valence-corrected chi connectivity index (χ2v) is 5.78. The Morgan fingerprint density at radius 2 is 2.16 bits per heavy atom. The first kappa shape index (κ1) is 16.6. The van der Waals surface area contributed by atoms with E-state index in [0.717, 1.165) is 16.7 Å². The molecule has 7 nitrogen and oxygen atoms in total. The van der Waals surface area contributed by atoms with Crippen molar-refractivity contribution in [3.05, 3.63) is 60.2 Å². The van der Waals surface area contributed by atoms with Gasteiger partial charge in [-0.05, 0) is 43.2 Å². The molecule has 25 heavy (non-hydrogen) atoms. The van der Waals surface area contributed by atoms with Crippen LogP contribution < -0.4 is 5.32 Å². The minimum absolute atomic E-state index is 0.104. The highest BCUT2D eigenvalue weighted by Gasteiger charge is 2.18. The average Bonchev–Trinajstić information content (AvgIpc) is 3.17. The molecular weight excluding hydrogens is 318 g/mol. The number of rotatable bonds is 4. The fourth-order valence-corrected chi connectivity index (χ4v) is 2.41. The predicted octanol–water partition coefficient (Wildman–Crippen LogP) is 3.66. The zero-order valence-corrected chi connectivity index (χ0v) is 14.3. The third-order valence-electron chi connectivity index (χ3n) is 4.15. The molecule has 0 saturated heterocycles. The third kappa shape index (κ3) is 3.65. The summed E-state index contributed by atoms with van der Waals surface area (Å²) in [7, 11) is 1.75. The summed E-state index contributed by atoms with van der Waals surface area (Å²) in [5.41, 5.74) is 3.36. The van der Waals surface area contributed by atoms with Crippen molar-refractivity contribution in [1.29, 1.82) is 0 Å². The number of urea groups is 1. The van der Waals surface area contributed by atoms with Gasteiger partial charge in [-0.2, -0.15) is 0 Å². The molecule has 0 bridgehead atoms. The van der Waals surface area contributed by atoms with Gasteiger partial charge in [0.2, 0.25) is 12.3 Å². The van der Waals surface area contributed by atoms with Crippen LogP contribution in [0.1, 0.15) is 24.1 Å². The van der Waals surface area contributed by atoms with Gasteiger partial charge in [0.05, 0.1) is 6.04 Å². The van der Waals surface area contributed by atoms with Crippen LogP contribution in [-0.4, -0.2) is 33.2 Å². The summed E-state index contributed by atoms with van der Waals surface area (Å²) < 4.78 is 5.21. The molecule has 1 atom stereocenters. The fraction of sp³-hybridized carbons (Fsp3) is 0.222. The number of amides is 2. The molecule has 0 fully saturated rings. The van der Waals surface area contributed by atoms with Gasteiger partial charge in [-0.1, -0.05) is 12.1 Å². The monoisotopic (exact) mass is 337 g/mol. The molecule has 3 rings (SSSR count). The van der Waals surface area contributed by atoms with Gasteiger partial charge < -0.3 is 14.6 Å². The first-order chi connectivity index (χ1) is 12.1. The molecule has 0 aliphatic heterocycles. The van der Waals surface area contributed by atoms with Crippen LogP contribution in [0, 0.1) is 6.92 Å². The van der Waals surface area contributed by atoms with Crippen molar-refractivity contribution in [2.75, 3.05) is 12.4 Å². The molecule has 0 aliphatic carbocycles. The zero-order chi connectivity index (χ0) is 17.8. The number of hydrogen-bond donors (Lipinski definition) is 1. The Balaban J connectivity index is 1.77. The van der Waals surface area contributed by atoms with E-state index in [4.69, 9.17) is 4.42 Å². The van der Waals surface area contributed by atoms with Gasteiger partial charge in [-0.3, -0.25) is 4.98 Å². The number of aromatic nitrogens is 3. The lowest BCUT2D eigenvalue weighted by Crippen LogP contribution is -2.33.